The Morgan fingerprint density at radius 1 is 0.579 bits per heavy atom. The molecule has 0 aliphatic rings. The monoisotopic (exact) mass is 636 g/mol. The fourth-order valence-corrected chi connectivity index (χ4v) is 5.05. The van der Waals surface area contributed by atoms with E-state index in [2.05, 4.69) is 108 Å². The Hall–Kier alpha value is 1.32. The van der Waals surface area contributed by atoms with Crippen molar-refractivity contribution in [3.63, 3.8) is 0 Å². The van der Waals surface area contributed by atoms with Crippen molar-refractivity contribution in [1.29, 1.82) is 0 Å². The Labute approximate surface area is 162 Å². The van der Waals surface area contributed by atoms with E-state index in [4.69, 9.17) is 0 Å². The minimum atomic E-state index is 0.831. The van der Waals surface area contributed by atoms with Crippen LogP contribution in [0.1, 0.15) is 11.1 Å². The largest absolute Gasteiger partial charge is 0.0508 e. The van der Waals surface area contributed by atoms with Crippen LogP contribution in [0.15, 0.2) is 51.1 Å². The molecule has 0 amide bonds. The van der Waals surface area contributed by atoms with Gasteiger partial charge in [0.1, 0.15) is 0 Å². The molecule has 0 heterocycles. The van der Waals surface area contributed by atoms with Gasteiger partial charge in [-0.25, -0.2) is 0 Å². The van der Waals surface area contributed by atoms with Crippen molar-refractivity contribution in [2.24, 2.45) is 0 Å². The van der Waals surface area contributed by atoms with Crippen molar-refractivity contribution in [2.45, 2.75) is 6.42 Å². The van der Waals surface area contributed by atoms with Crippen LogP contribution in [0.5, 0.6) is 0 Å². The first kappa shape index (κ1) is 16.7. The molecule has 0 saturated carbocycles. The standard InChI is InChI=1S/C13H6Br6/c14-8-2-6(12(18)10(16)4-8)1-7-3-9(15)5-11(17)13(7)19/h2-5H,1H2. The SMILES string of the molecule is Brc1cc(Br)c(Br)c(Cc2cc(Br)cc(Br)c2Br)c1. The molecule has 19 heavy (non-hydrogen) atoms. The van der Waals surface area contributed by atoms with Gasteiger partial charge in [0.25, 0.3) is 0 Å². The molecule has 2 aromatic rings. The number of rotatable bonds is 2. The highest BCUT2D eigenvalue weighted by atomic mass is 79.9. The van der Waals surface area contributed by atoms with Crippen LogP contribution in [-0.4, -0.2) is 0 Å². The Kier molecular flexibility index (Phi) is 6.19. The van der Waals surface area contributed by atoms with Crippen LogP contribution in [0.3, 0.4) is 0 Å². The Balaban J connectivity index is 2.47. The van der Waals surface area contributed by atoms with Crippen LogP contribution in [0.2, 0.25) is 0 Å². The summed E-state index contributed by atoms with van der Waals surface area (Å²) < 4.78 is 6.37. The van der Waals surface area contributed by atoms with Crippen molar-refractivity contribution in [2.75, 3.05) is 0 Å². The van der Waals surface area contributed by atoms with Gasteiger partial charge in [-0.15, -0.1) is 0 Å². The molecule has 2 rings (SSSR count). The minimum Gasteiger partial charge on any atom is -0.0508 e. The van der Waals surface area contributed by atoms with E-state index in [0.29, 0.717) is 0 Å². The first-order valence-electron chi connectivity index (χ1n) is 5.15. The van der Waals surface area contributed by atoms with Crippen LogP contribution in [0.25, 0.3) is 0 Å². The summed E-state index contributed by atoms with van der Waals surface area (Å²) in [5, 5.41) is 0. The van der Waals surface area contributed by atoms with E-state index < -0.39 is 0 Å². The van der Waals surface area contributed by atoms with E-state index in [-0.39, 0.29) is 0 Å². The average Bonchev–Trinajstić information content (AvgIpc) is 2.31. The van der Waals surface area contributed by atoms with E-state index in [9.17, 15) is 0 Å². The van der Waals surface area contributed by atoms with Gasteiger partial charge in [0.2, 0.25) is 0 Å². The fraction of sp³-hybridized carbons (Fsp3) is 0.0769. The van der Waals surface area contributed by atoms with Gasteiger partial charge in [-0.3, -0.25) is 0 Å². The second-order valence-corrected chi connectivity index (χ2v) is 9.02. The number of benzene rings is 2. The van der Waals surface area contributed by atoms with Crippen molar-refractivity contribution < 1.29 is 0 Å². The number of halogens is 6. The molecule has 0 atom stereocenters. The molecule has 0 aliphatic carbocycles. The summed E-state index contributed by atoms with van der Waals surface area (Å²) in [7, 11) is 0. The zero-order valence-electron chi connectivity index (χ0n) is 9.28. The predicted molar refractivity (Wildman–Crippen MR) is 102 cm³/mol. The summed E-state index contributed by atoms with van der Waals surface area (Å²) in [4.78, 5) is 0. The van der Waals surface area contributed by atoms with Crippen molar-refractivity contribution >= 4 is 95.6 Å². The Morgan fingerprint density at radius 3 is 1.32 bits per heavy atom. The smallest absolute Gasteiger partial charge is 0.0353 e. The highest BCUT2D eigenvalue weighted by Crippen LogP contribution is 2.36. The molecule has 0 aromatic heterocycles. The first-order valence-corrected chi connectivity index (χ1v) is 9.91. The predicted octanol–water partition coefficient (Wildman–Crippen LogP) is 7.85. The normalized spacial score (nSPS) is 10.8. The van der Waals surface area contributed by atoms with Gasteiger partial charge in [0.15, 0.2) is 0 Å². The van der Waals surface area contributed by atoms with Crippen LogP contribution in [0.4, 0.5) is 0 Å². The van der Waals surface area contributed by atoms with Gasteiger partial charge in [-0.1, -0.05) is 31.9 Å². The van der Waals surface area contributed by atoms with Crippen LogP contribution in [0, 0.1) is 0 Å². The lowest BCUT2D eigenvalue weighted by Gasteiger charge is -2.11. The maximum absolute atomic E-state index is 3.63. The molecule has 0 spiro atoms. The molecule has 6 heteroatoms. The lowest BCUT2D eigenvalue weighted by Crippen LogP contribution is -1.93. The molecule has 2 aromatic carbocycles. The molecule has 100 valence electrons. The highest BCUT2D eigenvalue weighted by Gasteiger charge is 2.11. The molecule has 0 fully saturated rings. The topological polar surface area (TPSA) is 0 Å². The van der Waals surface area contributed by atoms with E-state index in [0.717, 1.165) is 33.3 Å². The minimum absolute atomic E-state index is 0.831. The summed E-state index contributed by atoms with van der Waals surface area (Å²) in [6.45, 7) is 0. The zero-order chi connectivity index (χ0) is 14.2. The van der Waals surface area contributed by atoms with E-state index in [1.165, 1.54) is 11.1 Å². The summed E-state index contributed by atoms with van der Waals surface area (Å²) in [5.74, 6) is 0. The second kappa shape index (κ2) is 7.05. The molecule has 0 radical (unpaired) electrons. The van der Waals surface area contributed by atoms with E-state index in [1.54, 1.807) is 0 Å². The number of hydrogen-bond donors (Lipinski definition) is 0. The third-order valence-electron chi connectivity index (χ3n) is 2.52. The molecule has 0 saturated heterocycles. The van der Waals surface area contributed by atoms with Crippen LogP contribution < -0.4 is 0 Å². The molecule has 0 aliphatic heterocycles. The summed E-state index contributed by atoms with van der Waals surface area (Å²) in [5.41, 5.74) is 2.43. The summed E-state index contributed by atoms with van der Waals surface area (Å²) in [6, 6.07) is 8.30. The lowest BCUT2D eigenvalue weighted by atomic mass is 10.1. The van der Waals surface area contributed by atoms with Crippen LogP contribution in [-0.2, 0) is 6.42 Å². The maximum atomic E-state index is 3.63. The Morgan fingerprint density at radius 2 is 0.947 bits per heavy atom. The molecule has 0 N–H and O–H groups in total. The average molecular weight is 642 g/mol. The zero-order valence-corrected chi connectivity index (χ0v) is 18.8. The van der Waals surface area contributed by atoms with Gasteiger partial charge in [0.05, 0.1) is 0 Å². The molecule has 0 bridgehead atoms. The quantitative estimate of drug-likeness (QED) is 0.293. The van der Waals surface area contributed by atoms with Gasteiger partial charge in [-0.05, 0) is 106 Å². The van der Waals surface area contributed by atoms with Gasteiger partial charge < -0.3 is 0 Å². The van der Waals surface area contributed by atoms with Gasteiger partial charge in [-0.2, -0.15) is 0 Å². The third kappa shape index (κ3) is 4.16. The second-order valence-electron chi connectivity index (χ2n) is 3.90. The third-order valence-corrected chi connectivity index (χ3v) is 7.62. The maximum Gasteiger partial charge on any atom is 0.0353 e. The first-order chi connectivity index (χ1) is 8.88. The van der Waals surface area contributed by atoms with E-state index >= 15 is 0 Å². The van der Waals surface area contributed by atoms with Crippen molar-refractivity contribution in [3.8, 4) is 0 Å². The fourth-order valence-electron chi connectivity index (χ4n) is 1.68. The molecular weight excluding hydrogens is 636 g/mol. The van der Waals surface area contributed by atoms with Gasteiger partial charge >= 0.3 is 0 Å². The summed E-state index contributed by atoms with van der Waals surface area (Å²) >= 11 is 21.4. The molecule has 0 unspecified atom stereocenters. The van der Waals surface area contributed by atoms with Crippen molar-refractivity contribution in [3.05, 3.63) is 62.2 Å². The lowest BCUT2D eigenvalue weighted by molar-refractivity contribution is 1.15. The van der Waals surface area contributed by atoms with Crippen molar-refractivity contribution in [1.82, 2.24) is 0 Å². The number of hydrogen-bond acceptors (Lipinski definition) is 0. The Bertz CT molecular complexity index is 580. The summed E-state index contributed by atoms with van der Waals surface area (Å²) in [6.07, 6.45) is 0.831. The van der Waals surface area contributed by atoms with Gasteiger partial charge in [0, 0.05) is 26.8 Å². The molecule has 0 nitrogen and oxygen atoms in total. The molecular formula is C13H6Br6. The highest BCUT2D eigenvalue weighted by molar-refractivity contribution is 9.13. The van der Waals surface area contributed by atoms with Crippen LogP contribution >= 0.6 is 95.6 Å². The van der Waals surface area contributed by atoms with E-state index in [1.807, 2.05) is 12.1 Å².